The topological polar surface area (TPSA) is 119 Å². The molecule has 5 rings (SSSR count). The highest BCUT2D eigenvalue weighted by molar-refractivity contribution is 7.89. The highest BCUT2D eigenvalue weighted by Crippen LogP contribution is 2.37. The Kier molecular flexibility index (Phi) is 10.1. The van der Waals surface area contributed by atoms with Crippen LogP contribution in [-0.2, 0) is 24.3 Å². The minimum Gasteiger partial charge on any atom is -0.497 e. The number of aliphatic hydroxyl groups is 1. The van der Waals surface area contributed by atoms with Crippen LogP contribution in [0.4, 0.5) is 0 Å². The molecule has 2 heterocycles. The molecule has 2 atom stereocenters. The third-order valence-corrected chi connectivity index (χ3v) is 10.2. The van der Waals surface area contributed by atoms with E-state index in [1.54, 1.807) is 23.3 Å². The predicted octanol–water partition coefficient (Wildman–Crippen LogP) is 4.65. The molecule has 1 saturated carbocycles. The zero-order valence-corrected chi connectivity index (χ0v) is 25.5. The van der Waals surface area contributed by atoms with Crippen LogP contribution in [0.1, 0.15) is 50.0 Å². The average Bonchev–Trinajstić information content (AvgIpc) is 3.48. The number of aliphatic hydroxyl groups excluding tert-OH is 1. The molecule has 1 aliphatic heterocycles. The Bertz CT molecular complexity index is 1510. The molecule has 0 bridgehead atoms. The van der Waals surface area contributed by atoms with Gasteiger partial charge in [0.1, 0.15) is 11.3 Å². The number of sulfonamides is 1. The molecule has 1 N–H and O–H groups in total. The molecule has 43 heavy (non-hydrogen) atoms. The van der Waals surface area contributed by atoms with Crippen molar-refractivity contribution < 1.29 is 36.9 Å². The number of amides is 1. The molecule has 0 unspecified atom stereocenters. The van der Waals surface area contributed by atoms with Gasteiger partial charge in [0, 0.05) is 49.5 Å². The third kappa shape index (κ3) is 7.06. The molecule has 1 fully saturated rings. The Morgan fingerprint density at radius 2 is 1.79 bits per heavy atom. The number of hydrogen-bond donors (Lipinski definition) is 1. The lowest BCUT2D eigenvalue weighted by Crippen LogP contribution is -2.41. The molecule has 10 nitrogen and oxygen atoms in total. The minimum atomic E-state index is -3.90. The number of allylic oxidation sites excluding steroid dienone is 1. The molecule has 232 valence electrons. The maximum Gasteiger partial charge on any atom is 0.288 e. The van der Waals surface area contributed by atoms with Crippen LogP contribution in [0.25, 0.3) is 11.0 Å². The van der Waals surface area contributed by atoms with Gasteiger partial charge in [0.2, 0.25) is 16.3 Å². The molecule has 1 aromatic heterocycles. The molecular weight excluding hydrogens is 572 g/mol. The van der Waals surface area contributed by atoms with E-state index in [4.69, 9.17) is 18.6 Å². The number of hydrogen-bond acceptors (Lipinski definition) is 8. The van der Waals surface area contributed by atoms with Gasteiger partial charge in [-0.05, 0) is 49.2 Å². The van der Waals surface area contributed by atoms with Crippen molar-refractivity contribution in [1.29, 1.82) is 0 Å². The van der Waals surface area contributed by atoms with Crippen molar-refractivity contribution in [1.82, 2.24) is 9.21 Å². The number of rotatable bonds is 12. The number of furan rings is 1. The van der Waals surface area contributed by atoms with E-state index in [0.29, 0.717) is 12.2 Å². The molecule has 0 radical (unpaired) electrons. The molecule has 11 heteroatoms. The summed E-state index contributed by atoms with van der Waals surface area (Å²) in [5.74, 6) is 0.357. The fourth-order valence-corrected chi connectivity index (χ4v) is 7.28. The smallest absolute Gasteiger partial charge is 0.288 e. The van der Waals surface area contributed by atoms with Crippen molar-refractivity contribution in [2.75, 3.05) is 40.5 Å². The van der Waals surface area contributed by atoms with Gasteiger partial charge in [-0.1, -0.05) is 37.5 Å². The number of methoxy groups -OCH3 is 1. The SMILES string of the molecule is COc1ccc(S(=O)(=O)N(CCO)CCO[C@@H]2C[C@H](c3coc4ccccc34)C=C(C(=O)N(C)C3CCCCC3)O2)cc1. The lowest BCUT2D eigenvalue weighted by atomic mass is 9.91. The summed E-state index contributed by atoms with van der Waals surface area (Å²) in [6.45, 7) is -0.454. The van der Waals surface area contributed by atoms with Crippen LogP contribution in [0.2, 0.25) is 0 Å². The van der Waals surface area contributed by atoms with Crippen LogP contribution < -0.4 is 4.74 Å². The van der Waals surface area contributed by atoms with E-state index in [2.05, 4.69) is 0 Å². The average molecular weight is 613 g/mol. The van der Waals surface area contributed by atoms with Crippen LogP contribution in [0.15, 0.2) is 75.9 Å². The van der Waals surface area contributed by atoms with Crippen molar-refractivity contribution in [2.24, 2.45) is 0 Å². The molecule has 2 aromatic carbocycles. The van der Waals surface area contributed by atoms with E-state index in [1.807, 2.05) is 37.4 Å². The first-order chi connectivity index (χ1) is 20.8. The standard InChI is InChI=1S/C32H40N2O8S/c1-33(24-8-4-3-5-9-24)32(36)30-20-23(28-22-41-29-11-7-6-10-27(28)29)21-31(42-30)40-19-17-34(16-18-35)43(37,38)26-14-12-25(39-2)13-15-26/h6-7,10-15,20,22-24,31,35H,3-5,8-9,16-19,21H2,1-2H3/t23-,31+/m1/s1. The Morgan fingerprint density at radius 3 is 2.51 bits per heavy atom. The van der Waals surface area contributed by atoms with Crippen molar-refractivity contribution >= 4 is 26.9 Å². The van der Waals surface area contributed by atoms with Crippen LogP contribution >= 0.6 is 0 Å². The fourth-order valence-electron chi connectivity index (χ4n) is 5.87. The number of carbonyl (C=O) groups excluding carboxylic acids is 1. The number of nitrogens with zero attached hydrogens (tertiary/aromatic N) is 2. The first kappa shape index (κ1) is 31.1. The summed E-state index contributed by atoms with van der Waals surface area (Å²) in [6, 6.07) is 14.0. The lowest BCUT2D eigenvalue weighted by molar-refractivity contribution is -0.153. The molecule has 1 aliphatic carbocycles. The third-order valence-electron chi connectivity index (χ3n) is 8.31. The first-order valence-electron chi connectivity index (χ1n) is 14.8. The maximum atomic E-state index is 13.7. The van der Waals surface area contributed by atoms with Crippen LogP contribution in [0, 0.1) is 0 Å². The van der Waals surface area contributed by atoms with E-state index >= 15 is 0 Å². The number of fused-ring (bicyclic) bond motifs is 1. The van der Waals surface area contributed by atoms with E-state index in [1.165, 1.54) is 30.0 Å². The summed E-state index contributed by atoms with van der Waals surface area (Å²) in [4.78, 5) is 15.5. The minimum absolute atomic E-state index is 0.00115. The van der Waals surface area contributed by atoms with E-state index in [9.17, 15) is 18.3 Å². The number of carbonyl (C=O) groups is 1. The van der Waals surface area contributed by atoms with Gasteiger partial charge < -0.3 is 28.6 Å². The highest BCUT2D eigenvalue weighted by atomic mass is 32.2. The normalized spacial score (nSPS) is 19.7. The zero-order valence-electron chi connectivity index (χ0n) is 24.7. The molecule has 0 saturated heterocycles. The van der Waals surface area contributed by atoms with Crippen molar-refractivity contribution in [3.8, 4) is 5.75 Å². The second kappa shape index (κ2) is 13.9. The summed E-state index contributed by atoms with van der Waals surface area (Å²) in [5.41, 5.74) is 1.69. The van der Waals surface area contributed by atoms with Gasteiger partial charge in [0.15, 0.2) is 5.76 Å². The van der Waals surface area contributed by atoms with Gasteiger partial charge in [-0.2, -0.15) is 4.31 Å². The largest absolute Gasteiger partial charge is 0.497 e. The Balaban J connectivity index is 1.32. The van der Waals surface area contributed by atoms with Crippen LogP contribution in [0.5, 0.6) is 5.75 Å². The van der Waals surface area contributed by atoms with Crippen LogP contribution in [-0.4, -0.2) is 81.4 Å². The molecular formula is C32H40N2O8S. The Hall–Kier alpha value is -3.38. The Labute approximate surface area is 252 Å². The van der Waals surface area contributed by atoms with Gasteiger partial charge in [-0.15, -0.1) is 0 Å². The number of benzene rings is 2. The number of para-hydroxylation sites is 1. The number of likely N-dealkylation sites (N-methyl/N-ethyl adjacent to an activating group) is 1. The van der Waals surface area contributed by atoms with E-state index < -0.39 is 16.3 Å². The van der Waals surface area contributed by atoms with Gasteiger partial charge in [-0.25, -0.2) is 8.42 Å². The second-order valence-electron chi connectivity index (χ2n) is 11.0. The summed E-state index contributed by atoms with van der Waals surface area (Å²) >= 11 is 0. The summed E-state index contributed by atoms with van der Waals surface area (Å²) in [6.07, 6.45) is 8.51. The first-order valence-corrected chi connectivity index (χ1v) is 16.2. The van der Waals surface area contributed by atoms with Gasteiger partial charge >= 0.3 is 0 Å². The summed E-state index contributed by atoms with van der Waals surface area (Å²) < 4.78 is 51.0. The lowest BCUT2D eigenvalue weighted by Gasteiger charge is -2.34. The van der Waals surface area contributed by atoms with Gasteiger partial charge in [0.25, 0.3) is 5.91 Å². The fraction of sp³-hybridized carbons (Fsp3) is 0.469. The maximum absolute atomic E-state index is 13.7. The molecule has 0 spiro atoms. The number of ether oxygens (including phenoxy) is 3. The second-order valence-corrected chi connectivity index (χ2v) is 12.9. The molecule has 2 aliphatic rings. The van der Waals surface area contributed by atoms with E-state index in [-0.39, 0.29) is 54.8 Å². The van der Waals surface area contributed by atoms with Gasteiger partial charge in [-0.3, -0.25) is 4.79 Å². The monoisotopic (exact) mass is 612 g/mol. The zero-order chi connectivity index (χ0) is 30.4. The summed E-state index contributed by atoms with van der Waals surface area (Å²) in [7, 11) is -0.564. The van der Waals surface area contributed by atoms with Crippen molar-refractivity contribution in [3.63, 3.8) is 0 Å². The molecule has 3 aromatic rings. The quantitative estimate of drug-likeness (QED) is 0.314. The van der Waals surface area contributed by atoms with Crippen LogP contribution in [0.3, 0.4) is 0 Å². The van der Waals surface area contributed by atoms with Gasteiger partial charge in [0.05, 0.1) is 31.5 Å². The highest BCUT2D eigenvalue weighted by Gasteiger charge is 2.34. The summed E-state index contributed by atoms with van der Waals surface area (Å²) in [5, 5.41) is 10.6. The Morgan fingerprint density at radius 1 is 1.05 bits per heavy atom. The van der Waals surface area contributed by atoms with E-state index in [0.717, 1.165) is 42.2 Å². The predicted molar refractivity (Wildman–Crippen MR) is 161 cm³/mol. The van der Waals surface area contributed by atoms with Crippen molar-refractivity contribution in [3.05, 3.63) is 72.2 Å². The molecule has 1 amide bonds. The van der Waals surface area contributed by atoms with Crippen molar-refractivity contribution in [2.45, 2.75) is 61.7 Å².